The quantitative estimate of drug-likeness (QED) is 0.669. The minimum atomic E-state index is -0.187. The van der Waals surface area contributed by atoms with E-state index in [2.05, 4.69) is 27.0 Å². The van der Waals surface area contributed by atoms with Gasteiger partial charge in [-0.3, -0.25) is 4.79 Å². The van der Waals surface area contributed by atoms with Crippen molar-refractivity contribution in [3.05, 3.63) is 53.3 Å². The topological polar surface area (TPSA) is 81.1 Å². The van der Waals surface area contributed by atoms with Crippen LogP contribution in [0.4, 0.5) is 0 Å². The third-order valence-corrected chi connectivity index (χ3v) is 5.36. The zero-order chi connectivity index (χ0) is 19.5. The van der Waals surface area contributed by atoms with Crippen molar-refractivity contribution >= 4 is 29.1 Å². The molecule has 4 rings (SSSR count). The van der Waals surface area contributed by atoms with Crippen LogP contribution in [-0.4, -0.2) is 41.1 Å². The number of nitrogens with zero attached hydrogens (tertiary/aromatic N) is 3. The minimum absolute atomic E-state index is 0. The first-order valence-corrected chi connectivity index (χ1v) is 9.63. The van der Waals surface area contributed by atoms with Crippen LogP contribution in [0.3, 0.4) is 0 Å². The second-order valence-electron chi connectivity index (χ2n) is 7.18. The standard InChI is InChI=1S/C21H25N5O2.ClH/c1-14-20(24-25-26(14)18-7-9-22-10-8-18)21(27)23-13-15-3-4-17-12-19(28-2)6-5-16(17)11-15;/h3-6,11-12,18,22H,7-10,13H2,1-2H3,(H,23,27);1H. The molecule has 0 unspecified atom stereocenters. The van der Waals surface area contributed by atoms with Gasteiger partial charge in [-0.2, -0.15) is 0 Å². The molecule has 0 atom stereocenters. The van der Waals surface area contributed by atoms with Gasteiger partial charge in [-0.05, 0) is 67.4 Å². The number of aromatic nitrogens is 3. The molecule has 0 saturated carbocycles. The number of hydrogen-bond donors (Lipinski definition) is 2. The highest BCUT2D eigenvalue weighted by Gasteiger charge is 2.22. The maximum Gasteiger partial charge on any atom is 0.274 e. The van der Waals surface area contributed by atoms with E-state index in [1.165, 1.54) is 0 Å². The number of halogens is 1. The summed E-state index contributed by atoms with van der Waals surface area (Å²) in [4.78, 5) is 12.6. The molecule has 2 aromatic carbocycles. The van der Waals surface area contributed by atoms with E-state index in [1.807, 2.05) is 41.9 Å². The van der Waals surface area contributed by atoms with Crippen LogP contribution < -0.4 is 15.4 Å². The Hall–Kier alpha value is -2.64. The minimum Gasteiger partial charge on any atom is -0.497 e. The van der Waals surface area contributed by atoms with Gasteiger partial charge < -0.3 is 15.4 Å². The van der Waals surface area contributed by atoms with Gasteiger partial charge in [-0.15, -0.1) is 17.5 Å². The Bertz CT molecular complexity index is 998. The predicted molar refractivity (Wildman–Crippen MR) is 115 cm³/mol. The molecule has 29 heavy (non-hydrogen) atoms. The van der Waals surface area contributed by atoms with E-state index in [4.69, 9.17) is 4.74 Å². The number of piperidine rings is 1. The second-order valence-corrected chi connectivity index (χ2v) is 7.18. The monoisotopic (exact) mass is 415 g/mol. The number of fused-ring (bicyclic) bond motifs is 1. The van der Waals surface area contributed by atoms with E-state index < -0.39 is 0 Å². The molecule has 1 aliphatic rings. The molecule has 1 aromatic heterocycles. The van der Waals surface area contributed by atoms with Crippen molar-refractivity contribution in [1.29, 1.82) is 0 Å². The Balaban J connectivity index is 0.00000240. The predicted octanol–water partition coefficient (Wildman–Crippen LogP) is 3.02. The number of carbonyl (C=O) groups is 1. The van der Waals surface area contributed by atoms with Crippen LogP contribution >= 0.6 is 12.4 Å². The Kier molecular flexibility index (Phi) is 6.71. The van der Waals surface area contributed by atoms with Crippen LogP contribution in [0.25, 0.3) is 10.8 Å². The zero-order valence-electron chi connectivity index (χ0n) is 16.6. The first-order valence-electron chi connectivity index (χ1n) is 9.63. The lowest BCUT2D eigenvalue weighted by atomic mass is 10.1. The van der Waals surface area contributed by atoms with Gasteiger partial charge in [0.05, 0.1) is 18.8 Å². The zero-order valence-corrected chi connectivity index (χ0v) is 17.5. The number of methoxy groups -OCH3 is 1. The molecule has 1 amide bonds. The molecule has 8 heteroatoms. The van der Waals surface area contributed by atoms with Crippen molar-refractivity contribution in [2.24, 2.45) is 0 Å². The molecule has 1 saturated heterocycles. The molecule has 154 valence electrons. The average molecular weight is 416 g/mol. The van der Waals surface area contributed by atoms with Gasteiger partial charge in [0.15, 0.2) is 5.69 Å². The lowest BCUT2D eigenvalue weighted by Gasteiger charge is -2.23. The Labute approximate surface area is 176 Å². The van der Waals surface area contributed by atoms with E-state index in [-0.39, 0.29) is 18.3 Å². The van der Waals surface area contributed by atoms with Crippen LogP contribution in [0.2, 0.25) is 0 Å². The van der Waals surface area contributed by atoms with Crippen molar-refractivity contribution in [2.75, 3.05) is 20.2 Å². The molecule has 0 radical (unpaired) electrons. The fraction of sp³-hybridized carbons (Fsp3) is 0.381. The molecular formula is C21H26ClN5O2. The first kappa shape index (κ1) is 21.1. The summed E-state index contributed by atoms with van der Waals surface area (Å²) in [7, 11) is 1.66. The van der Waals surface area contributed by atoms with Gasteiger partial charge in [0, 0.05) is 6.54 Å². The highest BCUT2D eigenvalue weighted by molar-refractivity contribution is 5.93. The van der Waals surface area contributed by atoms with E-state index in [1.54, 1.807) is 7.11 Å². The van der Waals surface area contributed by atoms with Gasteiger partial charge in [0.1, 0.15) is 5.75 Å². The van der Waals surface area contributed by atoms with Crippen LogP contribution in [0.15, 0.2) is 36.4 Å². The van der Waals surface area contributed by atoms with E-state index in [0.29, 0.717) is 18.3 Å². The SMILES string of the molecule is COc1ccc2cc(CNC(=O)c3nnn(C4CCNCC4)c3C)ccc2c1.Cl. The van der Waals surface area contributed by atoms with Crippen molar-refractivity contribution in [2.45, 2.75) is 32.4 Å². The van der Waals surface area contributed by atoms with E-state index in [0.717, 1.165) is 53.7 Å². The molecule has 0 spiro atoms. The molecule has 1 aliphatic heterocycles. The Morgan fingerprint density at radius 3 is 2.69 bits per heavy atom. The fourth-order valence-electron chi connectivity index (χ4n) is 3.72. The van der Waals surface area contributed by atoms with Gasteiger partial charge in [-0.25, -0.2) is 4.68 Å². The average Bonchev–Trinajstić information content (AvgIpc) is 3.13. The summed E-state index contributed by atoms with van der Waals surface area (Å²) in [6.07, 6.45) is 2.01. The number of ether oxygens (including phenoxy) is 1. The largest absolute Gasteiger partial charge is 0.497 e. The number of hydrogen-bond acceptors (Lipinski definition) is 5. The fourth-order valence-corrected chi connectivity index (χ4v) is 3.72. The van der Waals surface area contributed by atoms with Crippen LogP contribution in [-0.2, 0) is 6.54 Å². The van der Waals surface area contributed by atoms with Gasteiger partial charge >= 0.3 is 0 Å². The first-order chi connectivity index (χ1) is 13.7. The van der Waals surface area contributed by atoms with Crippen molar-refractivity contribution in [3.63, 3.8) is 0 Å². The molecule has 1 fully saturated rings. The summed E-state index contributed by atoms with van der Waals surface area (Å²) in [6, 6.07) is 12.4. The molecule has 2 heterocycles. The highest BCUT2D eigenvalue weighted by Crippen LogP contribution is 2.22. The van der Waals surface area contributed by atoms with Gasteiger partial charge in [0.25, 0.3) is 5.91 Å². The van der Waals surface area contributed by atoms with Crippen molar-refractivity contribution in [1.82, 2.24) is 25.6 Å². The summed E-state index contributed by atoms with van der Waals surface area (Å²) in [6.45, 7) is 4.31. The van der Waals surface area contributed by atoms with Crippen molar-refractivity contribution in [3.8, 4) is 5.75 Å². The Morgan fingerprint density at radius 2 is 1.93 bits per heavy atom. The molecule has 2 N–H and O–H groups in total. The normalized spacial score (nSPS) is 14.4. The number of amides is 1. The van der Waals surface area contributed by atoms with Crippen LogP contribution in [0.1, 0.15) is 40.6 Å². The van der Waals surface area contributed by atoms with Gasteiger partial charge in [-0.1, -0.05) is 23.4 Å². The second kappa shape index (κ2) is 9.24. The maximum atomic E-state index is 12.6. The molecule has 0 aliphatic carbocycles. The molecule has 3 aromatic rings. The summed E-state index contributed by atoms with van der Waals surface area (Å²) in [5.74, 6) is 0.647. The summed E-state index contributed by atoms with van der Waals surface area (Å²) in [5.41, 5.74) is 2.27. The number of benzene rings is 2. The number of nitrogens with one attached hydrogen (secondary N) is 2. The molecular weight excluding hydrogens is 390 g/mol. The van der Waals surface area contributed by atoms with Crippen molar-refractivity contribution < 1.29 is 9.53 Å². The summed E-state index contributed by atoms with van der Waals surface area (Å²) < 4.78 is 7.16. The van der Waals surface area contributed by atoms with Crippen LogP contribution in [0, 0.1) is 6.92 Å². The summed E-state index contributed by atoms with van der Waals surface area (Å²) >= 11 is 0. The lowest BCUT2D eigenvalue weighted by molar-refractivity contribution is 0.0945. The third kappa shape index (κ3) is 4.52. The van der Waals surface area contributed by atoms with E-state index in [9.17, 15) is 4.79 Å². The number of carbonyl (C=O) groups excluding carboxylic acids is 1. The van der Waals surface area contributed by atoms with E-state index >= 15 is 0 Å². The Morgan fingerprint density at radius 1 is 1.21 bits per heavy atom. The molecule has 0 bridgehead atoms. The highest BCUT2D eigenvalue weighted by atomic mass is 35.5. The third-order valence-electron chi connectivity index (χ3n) is 5.36. The smallest absolute Gasteiger partial charge is 0.274 e. The van der Waals surface area contributed by atoms with Gasteiger partial charge in [0.2, 0.25) is 0 Å². The lowest BCUT2D eigenvalue weighted by Crippen LogP contribution is -2.30. The molecule has 7 nitrogen and oxygen atoms in total. The summed E-state index contributed by atoms with van der Waals surface area (Å²) in [5, 5.41) is 16.9. The van der Waals surface area contributed by atoms with Crippen LogP contribution in [0.5, 0.6) is 5.75 Å². The maximum absolute atomic E-state index is 12.6. The number of rotatable bonds is 5.